The lowest BCUT2D eigenvalue weighted by Crippen LogP contribution is -2.76. The van der Waals surface area contributed by atoms with Crippen molar-refractivity contribution in [1.82, 2.24) is 15.4 Å². The summed E-state index contributed by atoms with van der Waals surface area (Å²) >= 11 is 0.955. The number of hydrogen-bond donors (Lipinski definition) is 7. The lowest BCUT2D eigenvalue weighted by Gasteiger charge is -2.50. The molecule has 1 aliphatic heterocycles. The van der Waals surface area contributed by atoms with Gasteiger partial charge in [-0.3, -0.25) is 19.5 Å². The van der Waals surface area contributed by atoms with Gasteiger partial charge >= 0.3 is 16.4 Å². The molecule has 0 spiro atoms. The molecule has 3 heterocycles. The number of ether oxygens (including phenoxy) is 1. The van der Waals surface area contributed by atoms with Gasteiger partial charge in [-0.15, -0.1) is 15.6 Å². The third-order valence-corrected chi connectivity index (χ3v) is 8.30. The van der Waals surface area contributed by atoms with E-state index in [0.29, 0.717) is 23.9 Å². The molecule has 21 heteroatoms. The highest BCUT2D eigenvalue weighted by Crippen LogP contribution is 2.33. The maximum atomic E-state index is 13.2. The molecule has 0 aliphatic carbocycles. The molecule has 0 saturated carbocycles. The van der Waals surface area contributed by atoms with Crippen molar-refractivity contribution in [2.75, 3.05) is 30.7 Å². The fourth-order valence-corrected chi connectivity index (χ4v) is 5.55. The Kier molecular flexibility index (Phi) is 11.4. The topological polar surface area (TPSA) is 288 Å². The summed E-state index contributed by atoms with van der Waals surface area (Å²) in [6.07, 6.45) is 0.229. The first kappa shape index (κ1) is 36.9. The van der Waals surface area contributed by atoms with E-state index in [9.17, 15) is 27.9 Å². The Hall–Kier alpha value is -4.93. The fraction of sp³-hybridized carbons (Fsp3) is 0.357. The zero-order chi connectivity index (χ0) is 36.1. The lowest BCUT2D eigenvalue weighted by molar-refractivity contribution is -0.656. The number of thiazole rings is 1. The second-order valence-corrected chi connectivity index (χ2v) is 13.1. The summed E-state index contributed by atoms with van der Waals surface area (Å²) in [6, 6.07) is 9.29. The summed E-state index contributed by atoms with van der Waals surface area (Å²) in [6.45, 7) is 2.98. The van der Waals surface area contributed by atoms with Gasteiger partial charge in [-0.1, -0.05) is 17.3 Å². The van der Waals surface area contributed by atoms with Gasteiger partial charge in [-0.05, 0) is 37.6 Å². The highest BCUT2D eigenvalue weighted by Gasteiger charge is 2.58. The summed E-state index contributed by atoms with van der Waals surface area (Å²) in [5.74, 6) is -2.32. The van der Waals surface area contributed by atoms with Gasteiger partial charge < -0.3 is 37.2 Å². The molecule has 1 aliphatic rings. The molecule has 10 N–H and O–H groups in total. The Balaban J connectivity index is 1.44. The zero-order valence-electron chi connectivity index (χ0n) is 26.5. The smallest absolute Gasteiger partial charge is 0.418 e. The van der Waals surface area contributed by atoms with Gasteiger partial charge in [0, 0.05) is 30.1 Å². The second kappa shape index (κ2) is 15.1. The number of hydrogen-bond acceptors (Lipinski definition) is 15. The molecule has 4 rings (SSSR count). The fourth-order valence-electron chi connectivity index (χ4n) is 4.55. The van der Waals surface area contributed by atoms with Crippen molar-refractivity contribution in [1.29, 1.82) is 0 Å². The Morgan fingerprint density at radius 1 is 1.16 bits per heavy atom. The molecule has 2 aromatic heterocycles. The van der Waals surface area contributed by atoms with Crippen LogP contribution in [0.5, 0.6) is 5.75 Å². The number of aromatic nitrogens is 2. The number of β-lactam (4-membered cyclic amide) rings is 1. The Morgan fingerprint density at radius 3 is 2.35 bits per heavy atom. The number of carboxylic acid groups (broad SMARTS) is 1. The van der Waals surface area contributed by atoms with Crippen LogP contribution in [0.25, 0.3) is 11.1 Å². The van der Waals surface area contributed by atoms with Crippen LogP contribution in [0.1, 0.15) is 19.5 Å². The summed E-state index contributed by atoms with van der Waals surface area (Å²) < 4.78 is 43.0. The molecule has 0 bridgehead atoms. The van der Waals surface area contributed by atoms with Crippen LogP contribution < -0.4 is 37.1 Å². The molecule has 19 nitrogen and oxygen atoms in total. The highest BCUT2D eigenvalue weighted by atomic mass is 32.3. The minimum Gasteiger partial charge on any atom is -0.489 e. The molecular weight excluding hydrogens is 686 g/mol. The molecule has 0 radical (unpaired) electrons. The van der Waals surface area contributed by atoms with Crippen LogP contribution in [-0.4, -0.2) is 95.0 Å². The van der Waals surface area contributed by atoms with Crippen molar-refractivity contribution in [2.24, 2.45) is 23.7 Å². The van der Waals surface area contributed by atoms with Gasteiger partial charge in [0.05, 0.1) is 18.8 Å². The third-order valence-electron chi connectivity index (χ3n) is 7.29. The van der Waals surface area contributed by atoms with Gasteiger partial charge in [0.25, 0.3) is 23.7 Å². The van der Waals surface area contributed by atoms with Crippen LogP contribution in [0.3, 0.4) is 0 Å². The number of nitrogens with one attached hydrogen (secondary N) is 2. The van der Waals surface area contributed by atoms with E-state index in [4.69, 9.17) is 31.3 Å². The van der Waals surface area contributed by atoms with E-state index >= 15 is 0 Å². The monoisotopic (exact) mass is 722 g/mol. The van der Waals surface area contributed by atoms with Crippen molar-refractivity contribution in [3.63, 3.8) is 0 Å². The van der Waals surface area contributed by atoms with Gasteiger partial charge in [0.1, 0.15) is 30.1 Å². The number of carboxylic acids is 1. The number of hydroxylamine groups is 2. The summed E-state index contributed by atoms with van der Waals surface area (Å²) in [5, 5.41) is 20.9. The predicted molar refractivity (Wildman–Crippen MR) is 175 cm³/mol. The Bertz CT molecular complexity index is 1830. The van der Waals surface area contributed by atoms with Crippen LogP contribution >= 0.6 is 11.3 Å². The van der Waals surface area contributed by atoms with Crippen LogP contribution in [-0.2, 0) is 41.0 Å². The molecule has 3 aromatic rings. The number of anilines is 2. The first-order chi connectivity index (χ1) is 23.0. The maximum Gasteiger partial charge on any atom is 0.418 e. The summed E-state index contributed by atoms with van der Waals surface area (Å²) in [7, 11) is -3.14. The van der Waals surface area contributed by atoms with E-state index < -0.39 is 58.2 Å². The number of aryl methyl sites for hydroxylation is 1. The first-order valence-corrected chi connectivity index (χ1v) is 16.7. The number of rotatable bonds is 16. The number of nitrogens with zero attached hydrogens (tertiary/aromatic N) is 4. The minimum absolute atomic E-state index is 0.0537. The Labute approximate surface area is 284 Å². The highest BCUT2D eigenvalue weighted by molar-refractivity contribution is 7.80. The van der Waals surface area contributed by atoms with Crippen LogP contribution in [0.2, 0.25) is 0 Å². The van der Waals surface area contributed by atoms with E-state index in [0.717, 1.165) is 28.3 Å². The van der Waals surface area contributed by atoms with Crippen molar-refractivity contribution in [3.8, 4) is 16.9 Å². The summed E-state index contributed by atoms with van der Waals surface area (Å²) in [5.41, 5.74) is 16.9. The number of pyridine rings is 1. The number of aliphatic carboxylic acids is 1. The van der Waals surface area contributed by atoms with Gasteiger partial charge in [-0.2, -0.15) is 13.5 Å². The minimum atomic E-state index is -5.02. The average Bonchev–Trinajstić information content (AvgIpc) is 3.48. The first-order valence-electron chi connectivity index (χ1n) is 14.4. The van der Waals surface area contributed by atoms with Crippen LogP contribution in [0.15, 0.2) is 53.1 Å². The largest absolute Gasteiger partial charge is 0.489 e. The molecule has 2 atom stereocenters. The number of carbonyl (C=O) groups excluding carboxylic acids is 2. The number of amides is 2. The van der Waals surface area contributed by atoms with Gasteiger partial charge in [-0.25, -0.2) is 14.3 Å². The Morgan fingerprint density at radius 2 is 1.82 bits per heavy atom. The number of benzene rings is 1. The van der Waals surface area contributed by atoms with Crippen molar-refractivity contribution in [3.05, 3.63) is 53.7 Å². The van der Waals surface area contributed by atoms with Crippen LogP contribution in [0.4, 0.5) is 10.9 Å². The van der Waals surface area contributed by atoms with E-state index in [-0.39, 0.29) is 16.9 Å². The molecule has 2 amide bonds. The van der Waals surface area contributed by atoms with Gasteiger partial charge in [0.15, 0.2) is 10.8 Å². The zero-order valence-corrected chi connectivity index (χ0v) is 28.1. The molecule has 1 aromatic carbocycles. The van der Waals surface area contributed by atoms with Crippen molar-refractivity contribution < 1.29 is 50.9 Å². The van der Waals surface area contributed by atoms with E-state index in [1.54, 1.807) is 24.3 Å². The number of nitrogens with two attached hydrogens (primary N) is 3. The van der Waals surface area contributed by atoms with Crippen molar-refractivity contribution in [2.45, 2.75) is 37.6 Å². The standard InChI is InChI=1S/C28H35N9O10S2/c1-28(2)23(25(39)37(28)47-49(42,43)44)34-24(38)22(19-14-48-27(31)33-19)35-46-20(26(40)41)13-45-18-7-4-15(5-8-18)16-6-9-21(36(3)12-16)32-17(10-29)11-30/h4-9,12,14,17,20,23H,10-11,13,29-30H2,1-3H3,(H5,31,33,34,38,40,41,42,43,44)/p+1/b35-22-/t20-,23+/m0/s1. The molecule has 0 unspecified atom stereocenters. The quantitative estimate of drug-likeness (QED) is 0.0307. The molecule has 1 fully saturated rings. The average molecular weight is 723 g/mol. The SMILES string of the molecule is C[n+]1cc(-c2ccc(OC[C@H](O/N=C(\C(=O)N[C@@H]3C(=O)N(OS(=O)(=O)O)C3(C)C)c3csc(N)n3)C(=O)O)cc2)ccc1NC(CN)CN. The lowest BCUT2D eigenvalue weighted by atomic mass is 9.84. The second-order valence-electron chi connectivity index (χ2n) is 11.2. The number of carbonyl (C=O) groups is 3. The van der Waals surface area contributed by atoms with Gasteiger partial charge in [0.2, 0.25) is 0 Å². The number of oxime groups is 1. The van der Waals surface area contributed by atoms with Crippen LogP contribution in [0, 0.1) is 0 Å². The summed E-state index contributed by atoms with van der Waals surface area (Å²) in [4.78, 5) is 46.9. The molecular formula is C28H36N9O10S2+. The molecule has 1 saturated heterocycles. The van der Waals surface area contributed by atoms with E-state index in [1.807, 2.05) is 29.9 Å². The third kappa shape index (κ3) is 8.95. The molecule has 49 heavy (non-hydrogen) atoms. The predicted octanol–water partition coefficient (Wildman–Crippen LogP) is -0.992. The van der Waals surface area contributed by atoms with E-state index in [2.05, 4.69) is 25.1 Å². The maximum absolute atomic E-state index is 13.2. The van der Waals surface area contributed by atoms with Crippen molar-refractivity contribution >= 4 is 56.2 Å². The normalized spacial score (nSPS) is 16.6. The van der Waals surface area contributed by atoms with E-state index in [1.165, 1.54) is 19.2 Å². The molecule has 264 valence electrons. The number of nitrogen functional groups attached to an aromatic ring is 1.